The second kappa shape index (κ2) is 8.48. The smallest absolute Gasteiger partial charge is 0.256 e. The predicted molar refractivity (Wildman–Crippen MR) is 123 cm³/mol. The maximum absolute atomic E-state index is 12.8. The van der Waals surface area contributed by atoms with Crippen LogP contribution in [0.15, 0.2) is 91.1 Å². The Morgan fingerprint density at radius 1 is 0.871 bits per heavy atom. The van der Waals surface area contributed by atoms with Crippen LogP contribution in [-0.2, 0) is 19.5 Å². The third kappa shape index (κ3) is 4.21. The van der Waals surface area contributed by atoms with Gasteiger partial charge in [0.1, 0.15) is 5.82 Å². The minimum absolute atomic E-state index is 0.134. The van der Waals surface area contributed by atoms with Crippen molar-refractivity contribution in [3.05, 3.63) is 113 Å². The lowest BCUT2D eigenvalue weighted by Crippen LogP contribution is -2.30. The molecule has 0 aliphatic carbocycles. The van der Waals surface area contributed by atoms with Crippen LogP contribution in [0.5, 0.6) is 0 Å². The second-order valence-corrected chi connectivity index (χ2v) is 7.80. The van der Waals surface area contributed by atoms with Gasteiger partial charge in [0.25, 0.3) is 5.91 Å². The van der Waals surface area contributed by atoms with Crippen LogP contribution in [0.25, 0.3) is 0 Å². The quantitative estimate of drug-likeness (QED) is 0.519. The van der Waals surface area contributed by atoms with Gasteiger partial charge in [0.05, 0.1) is 12.7 Å². The zero-order valence-corrected chi connectivity index (χ0v) is 17.2. The third-order valence-corrected chi connectivity index (χ3v) is 5.76. The molecule has 0 spiro atoms. The average Bonchev–Trinajstić information content (AvgIpc) is 3.26. The molecule has 5 rings (SSSR count). The van der Waals surface area contributed by atoms with Crippen LogP contribution >= 0.6 is 0 Å². The highest BCUT2D eigenvalue weighted by atomic mass is 16.1. The van der Waals surface area contributed by atoms with E-state index in [1.807, 2.05) is 60.7 Å². The number of carbonyl (C=O) groups is 1. The maximum atomic E-state index is 12.8. The first-order chi connectivity index (χ1) is 15.3. The number of benzene rings is 3. The lowest BCUT2D eigenvalue weighted by molar-refractivity contribution is 0.102. The van der Waals surface area contributed by atoms with Gasteiger partial charge in [0.15, 0.2) is 0 Å². The summed E-state index contributed by atoms with van der Waals surface area (Å²) >= 11 is 0. The number of nitrogens with zero attached hydrogens (tertiary/aromatic N) is 3. The first-order valence-corrected chi connectivity index (χ1v) is 10.6. The summed E-state index contributed by atoms with van der Waals surface area (Å²) in [6, 6.07) is 28.4. The number of aromatic nitrogens is 2. The second-order valence-electron chi connectivity index (χ2n) is 7.80. The zero-order valence-electron chi connectivity index (χ0n) is 17.2. The molecule has 0 atom stereocenters. The van der Waals surface area contributed by atoms with E-state index in [4.69, 9.17) is 0 Å². The molecule has 0 fully saturated rings. The molecule has 4 aromatic rings. The van der Waals surface area contributed by atoms with Gasteiger partial charge in [-0.2, -0.15) is 5.10 Å². The monoisotopic (exact) mass is 408 g/mol. The Labute approximate surface area is 182 Å². The van der Waals surface area contributed by atoms with Crippen molar-refractivity contribution in [3.8, 4) is 0 Å². The van der Waals surface area contributed by atoms with Gasteiger partial charge in [-0.3, -0.25) is 4.79 Å². The molecule has 1 aliphatic rings. The summed E-state index contributed by atoms with van der Waals surface area (Å²) in [5, 5.41) is 7.33. The molecule has 5 heteroatoms. The molecule has 0 saturated carbocycles. The Bertz CT molecular complexity index is 1180. The van der Waals surface area contributed by atoms with Gasteiger partial charge in [-0.15, -0.1) is 0 Å². The molecule has 0 bridgehead atoms. The highest BCUT2D eigenvalue weighted by Gasteiger charge is 2.17. The van der Waals surface area contributed by atoms with Crippen molar-refractivity contribution in [2.45, 2.75) is 19.5 Å². The molecule has 3 aromatic carbocycles. The van der Waals surface area contributed by atoms with E-state index in [2.05, 4.69) is 39.6 Å². The van der Waals surface area contributed by atoms with Crippen molar-refractivity contribution in [1.82, 2.24) is 9.78 Å². The van der Waals surface area contributed by atoms with E-state index in [0.29, 0.717) is 17.9 Å². The SMILES string of the molecule is O=C(Nc1ccnn1Cc1ccccc1)c1ccc(N2CCc3ccccc3C2)cc1. The van der Waals surface area contributed by atoms with Crippen LogP contribution in [-0.4, -0.2) is 22.2 Å². The van der Waals surface area contributed by atoms with Crippen LogP contribution < -0.4 is 10.2 Å². The number of anilines is 2. The Kier molecular flexibility index (Phi) is 5.23. The topological polar surface area (TPSA) is 50.2 Å². The van der Waals surface area contributed by atoms with Gasteiger partial charge in [0.2, 0.25) is 0 Å². The predicted octanol–water partition coefficient (Wildman–Crippen LogP) is 4.75. The average molecular weight is 409 g/mol. The Morgan fingerprint density at radius 2 is 1.61 bits per heavy atom. The molecule has 0 radical (unpaired) electrons. The molecule has 2 heterocycles. The van der Waals surface area contributed by atoms with Crippen molar-refractivity contribution < 1.29 is 4.79 Å². The van der Waals surface area contributed by atoms with Crippen LogP contribution in [0.1, 0.15) is 27.0 Å². The number of hydrogen-bond donors (Lipinski definition) is 1. The minimum atomic E-state index is -0.134. The fourth-order valence-corrected chi connectivity index (χ4v) is 4.05. The summed E-state index contributed by atoms with van der Waals surface area (Å²) in [4.78, 5) is 15.2. The first-order valence-electron chi connectivity index (χ1n) is 10.6. The molecular formula is C26H24N4O. The molecular weight excluding hydrogens is 384 g/mol. The maximum Gasteiger partial charge on any atom is 0.256 e. The number of carbonyl (C=O) groups excluding carboxylic acids is 1. The van der Waals surface area contributed by atoms with E-state index in [-0.39, 0.29) is 5.91 Å². The molecule has 1 amide bonds. The summed E-state index contributed by atoms with van der Waals surface area (Å²) in [6.45, 7) is 2.50. The molecule has 1 aromatic heterocycles. The lowest BCUT2D eigenvalue weighted by atomic mass is 9.99. The van der Waals surface area contributed by atoms with E-state index >= 15 is 0 Å². The highest BCUT2D eigenvalue weighted by Crippen LogP contribution is 2.25. The summed E-state index contributed by atoms with van der Waals surface area (Å²) < 4.78 is 1.80. The third-order valence-electron chi connectivity index (χ3n) is 5.76. The fraction of sp³-hybridized carbons (Fsp3) is 0.154. The minimum Gasteiger partial charge on any atom is -0.367 e. The largest absolute Gasteiger partial charge is 0.367 e. The summed E-state index contributed by atoms with van der Waals surface area (Å²) in [6.07, 6.45) is 2.75. The van der Waals surface area contributed by atoms with Crippen molar-refractivity contribution >= 4 is 17.4 Å². The number of hydrogen-bond acceptors (Lipinski definition) is 3. The van der Waals surface area contributed by atoms with Gasteiger partial charge in [-0.25, -0.2) is 4.68 Å². The van der Waals surface area contributed by atoms with Crippen molar-refractivity contribution in [2.75, 3.05) is 16.8 Å². The van der Waals surface area contributed by atoms with Crippen LogP contribution in [0.4, 0.5) is 11.5 Å². The van der Waals surface area contributed by atoms with Gasteiger partial charge in [0, 0.05) is 30.4 Å². The summed E-state index contributed by atoms with van der Waals surface area (Å²) in [7, 11) is 0. The van der Waals surface area contributed by atoms with Gasteiger partial charge >= 0.3 is 0 Å². The molecule has 1 aliphatic heterocycles. The molecule has 5 nitrogen and oxygen atoms in total. The molecule has 31 heavy (non-hydrogen) atoms. The van der Waals surface area contributed by atoms with E-state index < -0.39 is 0 Å². The Hall–Kier alpha value is -3.86. The van der Waals surface area contributed by atoms with E-state index in [1.165, 1.54) is 11.1 Å². The lowest BCUT2D eigenvalue weighted by Gasteiger charge is -2.30. The van der Waals surface area contributed by atoms with Crippen LogP contribution in [0, 0.1) is 0 Å². The first kappa shape index (κ1) is 19.1. The molecule has 1 N–H and O–H groups in total. The summed E-state index contributed by atoms with van der Waals surface area (Å²) in [5.74, 6) is 0.552. The number of nitrogens with one attached hydrogen (secondary N) is 1. The van der Waals surface area contributed by atoms with Crippen LogP contribution in [0.2, 0.25) is 0 Å². The van der Waals surface area contributed by atoms with E-state index in [1.54, 1.807) is 10.9 Å². The fourth-order valence-electron chi connectivity index (χ4n) is 4.05. The molecule has 0 saturated heterocycles. The number of rotatable bonds is 5. The number of fused-ring (bicyclic) bond motifs is 1. The Morgan fingerprint density at radius 3 is 2.42 bits per heavy atom. The van der Waals surface area contributed by atoms with E-state index in [9.17, 15) is 4.79 Å². The number of amides is 1. The standard InChI is InChI=1S/C26H24N4O/c31-26(28-25-14-16-27-30(25)18-20-6-2-1-3-7-20)22-10-12-24(13-11-22)29-17-15-21-8-4-5-9-23(21)19-29/h1-14,16H,15,17-19H2,(H,28,31). The normalized spacial score (nSPS) is 13.0. The Balaban J connectivity index is 1.26. The highest BCUT2D eigenvalue weighted by molar-refractivity contribution is 6.04. The van der Waals surface area contributed by atoms with Crippen molar-refractivity contribution in [3.63, 3.8) is 0 Å². The van der Waals surface area contributed by atoms with Gasteiger partial charge in [-0.05, 0) is 47.4 Å². The molecule has 0 unspecified atom stereocenters. The van der Waals surface area contributed by atoms with Crippen LogP contribution in [0.3, 0.4) is 0 Å². The van der Waals surface area contributed by atoms with Crippen molar-refractivity contribution in [1.29, 1.82) is 0 Å². The molecule has 154 valence electrons. The van der Waals surface area contributed by atoms with E-state index in [0.717, 1.165) is 30.8 Å². The van der Waals surface area contributed by atoms with Gasteiger partial charge in [-0.1, -0.05) is 54.6 Å². The van der Waals surface area contributed by atoms with Crippen molar-refractivity contribution in [2.24, 2.45) is 0 Å². The summed E-state index contributed by atoms with van der Waals surface area (Å²) in [5.41, 5.74) is 5.71. The zero-order chi connectivity index (χ0) is 21.0. The van der Waals surface area contributed by atoms with Gasteiger partial charge < -0.3 is 10.2 Å².